The highest BCUT2D eigenvalue weighted by atomic mass is 35.5. The van der Waals surface area contributed by atoms with Gasteiger partial charge in [-0.1, -0.05) is 42.6 Å². The van der Waals surface area contributed by atoms with Crippen LogP contribution in [0, 0.1) is 5.41 Å². The lowest BCUT2D eigenvalue weighted by Gasteiger charge is -2.30. The zero-order valence-electron chi connectivity index (χ0n) is 17.2. The van der Waals surface area contributed by atoms with Crippen molar-refractivity contribution < 1.29 is 39.5 Å². The summed E-state index contributed by atoms with van der Waals surface area (Å²) >= 11 is 11.8. The van der Waals surface area contributed by atoms with Crippen LogP contribution in [-0.2, 0) is 6.18 Å². The molecule has 0 unspecified atom stereocenters. The Balaban J connectivity index is 2.70. The molecule has 1 aliphatic rings. The predicted octanol–water partition coefficient (Wildman–Crippen LogP) is 7.49. The molecule has 0 amide bonds. The molecule has 1 heterocycles. The Labute approximate surface area is 197 Å². The van der Waals surface area contributed by atoms with Crippen LogP contribution in [0.2, 0.25) is 10.0 Å². The van der Waals surface area contributed by atoms with Gasteiger partial charge in [-0.3, -0.25) is 5.41 Å². The smallest absolute Gasteiger partial charge is 0.331 e. The number of rotatable bonds is 4. The second kappa shape index (κ2) is 9.68. The molecule has 0 aliphatic carbocycles. The number of nitrogens with one attached hydrogen (secondary N) is 2. The van der Waals surface area contributed by atoms with Crippen LogP contribution in [0.5, 0.6) is 0 Å². The first-order chi connectivity index (χ1) is 15.4. The van der Waals surface area contributed by atoms with Gasteiger partial charge in [0.2, 0.25) is 5.84 Å². The van der Waals surface area contributed by atoms with Crippen molar-refractivity contribution in [2.75, 3.05) is 11.9 Å². The van der Waals surface area contributed by atoms with E-state index in [-0.39, 0.29) is 6.42 Å². The van der Waals surface area contributed by atoms with Gasteiger partial charge in [-0.05, 0) is 18.6 Å². The maximum Gasteiger partial charge on any atom is 0.449 e. The number of amidine groups is 2. The summed E-state index contributed by atoms with van der Waals surface area (Å²) in [7, 11) is 0.976. The fourth-order valence-corrected chi connectivity index (χ4v) is 3.60. The van der Waals surface area contributed by atoms with Crippen molar-refractivity contribution in [2.45, 2.75) is 38.3 Å². The van der Waals surface area contributed by atoms with Gasteiger partial charge in [0.15, 0.2) is 0 Å². The maximum absolute atomic E-state index is 13.8. The highest BCUT2D eigenvalue weighted by Crippen LogP contribution is 2.42. The van der Waals surface area contributed by atoms with Gasteiger partial charge in [-0.2, -0.15) is 39.5 Å². The van der Waals surface area contributed by atoms with Crippen molar-refractivity contribution in [3.8, 4) is 0 Å². The molecule has 0 atom stereocenters. The van der Waals surface area contributed by atoms with Crippen molar-refractivity contribution in [2.24, 2.45) is 4.99 Å². The van der Waals surface area contributed by atoms with Crippen LogP contribution in [0.15, 0.2) is 40.2 Å². The molecule has 2 N–H and O–H groups in total. The molecule has 15 heteroatoms. The van der Waals surface area contributed by atoms with Crippen LogP contribution in [0.4, 0.5) is 45.2 Å². The number of halogens is 11. The van der Waals surface area contributed by atoms with Crippen LogP contribution in [0.1, 0.15) is 25.3 Å². The van der Waals surface area contributed by atoms with Crippen molar-refractivity contribution in [3.05, 3.63) is 50.8 Å². The van der Waals surface area contributed by atoms with Crippen molar-refractivity contribution in [1.82, 2.24) is 5.32 Å². The van der Waals surface area contributed by atoms with E-state index in [1.54, 1.807) is 6.92 Å². The molecule has 1 aliphatic heterocycles. The van der Waals surface area contributed by atoms with E-state index in [0.717, 1.165) is 13.1 Å². The zero-order valence-corrected chi connectivity index (χ0v) is 18.7. The molecule has 1 aromatic rings. The van der Waals surface area contributed by atoms with Crippen LogP contribution in [0.25, 0.3) is 0 Å². The number of unbranched alkanes of at least 4 members (excludes halogenated alkanes) is 1. The molecule has 4 nitrogen and oxygen atoms in total. The molecule has 188 valence electrons. The summed E-state index contributed by atoms with van der Waals surface area (Å²) in [6.45, 7) is 1.61. The molecule has 0 spiro atoms. The summed E-state index contributed by atoms with van der Waals surface area (Å²) < 4.78 is 120. The highest BCUT2D eigenvalue weighted by Gasteiger charge is 2.47. The predicted molar refractivity (Wildman–Crippen MR) is 110 cm³/mol. The van der Waals surface area contributed by atoms with Crippen LogP contribution >= 0.6 is 23.2 Å². The van der Waals surface area contributed by atoms with Crippen LogP contribution in [-0.4, -0.2) is 31.1 Å². The maximum atomic E-state index is 13.8. The van der Waals surface area contributed by atoms with Gasteiger partial charge in [0.1, 0.15) is 11.5 Å². The molecule has 0 saturated heterocycles. The number of aliphatic imine (C=N–C) groups is 1. The third-order valence-corrected chi connectivity index (χ3v) is 4.99. The largest absolute Gasteiger partial charge is 0.449 e. The third kappa shape index (κ3) is 5.98. The quantitative estimate of drug-likeness (QED) is 0.236. The van der Waals surface area contributed by atoms with Gasteiger partial charge < -0.3 is 10.2 Å². The van der Waals surface area contributed by atoms with Crippen molar-refractivity contribution in [1.29, 1.82) is 5.41 Å². The lowest BCUT2D eigenvalue weighted by Crippen LogP contribution is -2.45. The second-order valence-corrected chi connectivity index (χ2v) is 7.72. The highest BCUT2D eigenvalue weighted by molar-refractivity contribution is 6.40. The average molecular weight is 541 g/mol. The first-order valence-electron chi connectivity index (χ1n) is 9.23. The number of benzene rings is 1. The first-order valence-corrected chi connectivity index (χ1v) is 9.99. The Morgan fingerprint density at radius 1 is 1.00 bits per heavy atom. The van der Waals surface area contributed by atoms with Gasteiger partial charge in [0.05, 0.1) is 32.6 Å². The fourth-order valence-electron chi connectivity index (χ4n) is 2.86. The molecule has 0 radical (unpaired) electrons. The normalized spacial score (nSPS) is 16.5. The summed E-state index contributed by atoms with van der Waals surface area (Å²) in [6, 6.07) is 0.914. The summed E-state index contributed by atoms with van der Waals surface area (Å²) in [4.78, 5) is 3.85. The summed E-state index contributed by atoms with van der Waals surface area (Å²) in [5.74, 6) is -3.00. The Hall–Kier alpha value is -2.41. The molecule has 0 aromatic heterocycles. The van der Waals surface area contributed by atoms with Crippen molar-refractivity contribution in [3.63, 3.8) is 0 Å². The van der Waals surface area contributed by atoms with E-state index in [2.05, 4.69) is 4.99 Å². The number of anilines is 1. The fraction of sp³-hybridized carbons (Fsp3) is 0.368. The number of nitrogens with zero attached hydrogens (tertiary/aromatic N) is 2. The zero-order chi connectivity index (χ0) is 26.2. The van der Waals surface area contributed by atoms with E-state index in [1.807, 2.05) is 0 Å². The minimum atomic E-state index is -5.38. The van der Waals surface area contributed by atoms with E-state index in [4.69, 9.17) is 28.6 Å². The minimum absolute atomic E-state index is 0.0252. The molecule has 1 aromatic carbocycles. The van der Waals surface area contributed by atoms with E-state index in [1.165, 1.54) is 5.32 Å². The molecular formula is C19H15Cl2F9N4. The topological polar surface area (TPSA) is 51.5 Å². The molecule has 0 fully saturated rings. The van der Waals surface area contributed by atoms with Gasteiger partial charge in [-0.15, -0.1) is 0 Å². The average Bonchev–Trinajstić information content (AvgIpc) is 2.68. The third-order valence-electron chi connectivity index (χ3n) is 4.41. The number of likely N-dealkylation sites (N-methyl/N-ethyl adjacent to an activating group) is 1. The van der Waals surface area contributed by atoms with E-state index in [9.17, 15) is 39.5 Å². The lowest BCUT2D eigenvalue weighted by atomic mass is 10.0. The Morgan fingerprint density at radius 2 is 1.53 bits per heavy atom. The molecule has 0 saturated carbocycles. The standard InChI is InChI=1S/C19H15Cl2F9N4/c1-3-4-5-11-12(14(18(25,26)27)33-16(32-11)19(28,29)30)15(31)34(2)13-9(20)6-8(7-10(13)21)17(22,23)24/h5-7,31H,3-4H2,1-2H3,(H,32,33)/b11-5-,31-15?. The number of hydrogen-bond acceptors (Lipinski definition) is 3. The van der Waals surface area contributed by atoms with E-state index in [0.29, 0.717) is 23.5 Å². The first kappa shape index (κ1) is 27.8. The number of alkyl halides is 9. The summed E-state index contributed by atoms with van der Waals surface area (Å²) in [5.41, 5.74) is -5.49. The van der Waals surface area contributed by atoms with Crippen molar-refractivity contribution >= 4 is 40.6 Å². The van der Waals surface area contributed by atoms with E-state index >= 15 is 0 Å². The second-order valence-electron chi connectivity index (χ2n) is 6.90. The SMILES string of the molecule is CCC/C=C1\N=C(C(F)(F)F)NC(C(F)(F)F)=C1C(=N)N(C)c1c(Cl)cc(C(F)(F)F)cc1Cl. The Bertz CT molecular complexity index is 1040. The molecule has 2 rings (SSSR count). The summed E-state index contributed by atoms with van der Waals surface area (Å²) in [5, 5.41) is 8.18. The number of allylic oxidation sites excluding steroid dienone is 2. The molecule has 34 heavy (non-hydrogen) atoms. The number of hydrogen-bond donors (Lipinski definition) is 2. The summed E-state index contributed by atoms with van der Waals surface area (Å²) in [6.07, 6.45) is -14.1. The van der Waals surface area contributed by atoms with Crippen LogP contribution < -0.4 is 10.2 Å². The Morgan fingerprint density at radius 3 is 1.94 bits per heavy atom. The molecular weight excluding hydrogens is 526 g/mol. The molecule has 0 bridgehead atoms. The lowest BCUT2D eigenvalue weighted by molar-refractivity contribution is -0.137. The van der Waals surface area contributed by atoms with Gasteiger partial charge in [0, 0.05) is 7.05 Å². The monoisotopic (exact) mass is 540 g/mol. The van der Waals surface area contributed by atoms with Gasteiger partial charge in [0.25, 0.3) is 0 Å². The van der Waals surface area contributed by atoms with Crippen LogP contribution in [0.3, 0.4) is 0 Å². The minimum Gasteiger partial charge on any atom is -0.331 e. The van der Waals surface area contributed by atoms with E-state index < -0.39 is 68.5 Å². The van der Waals surface area contributed by atoms with Gasteiger partial charge >= 0.3 is 18.5 Å². The van der Waals surface area contributed by atoms with Gasteiger partial charge in [-0.25, -0.2) is 4.99 Å². The Kier molecular flexibility index (Phi) is 7.93.